The molecule has 0 bridgehead atoms. The molecule has 0 saturated carbocycles. The minimum Gasteiger partial charge on any atom is -0.485 e. The molecule has 1 fully saturated rings. The van der Waals surface area contributed by atoms with Crippen LogP contribution in [0.4, 0.5) is 4.39 Å². The number of carbonyl (C=O) groups excluding carboxylic acids is 1. The molecule has 27 heavy (non-hydrogen) atoms. The fourth-order valence-corrected chi connectivity index (χ4v) is 3.67. The third-order valence-electron chi connectivity index (χ3n) is 4.55. The van der Waals surface area contributed by atoms with Crippen LogP contribution in [0.2, 0.25) is 10.0 Å². The van der Waals surface area contributed by atoms with E-state index in [-0.39, 0.29) is 24.1 Å². The first-order valence-electron chi connectivity index (χ1n) is 8.46. The monoisotopic (exact) mass is 411 g/mol. The van der Waals surface area contributed by atoms with Crippen LogP contribution in [0.15, 0.2) is 36.4 Å². The van der Waals surface area contributed by atoms with Crippen LogP contribution in [0.5, 0.6) is 11.5 Å². The lowest BCUT2D eigenvalue weighted by atomic mass is 10.1. The fourth-order valence-electron chi connectivity index (χ4n) is 3.17. The Bertz CT molecular complexity index is 879. The first kappa shape index (κ1) is 18.3. The molecule has 0 aliphatic carbocycles. The SMILES string of the molecule is O=C([C@@H]1COc2ccccc2O1)N1CCO[C@@H](c2cc(F)c(Cl)cc2Cl)C1. The van der Waals surface area contributed by atoms with Crippen molar-refractivity contribution in [3.05, 3.63) is 57.8 Å². The standard InChI is InChI=1S/C19H16Cl2FNO4/c20-12-8-13(21)14(22)7-11(12)17-9-23(5-6-25-17)19(24)18-10-26-15-3-1-2-4-16(15)27-18/h1-4,7-8,17-18H,5-6,9-10H2/t17-,18+/m1/s1. The van der Waals surface area contributed by atoms with E-state index in [1.54, 1.807) is 17.0 Å². The number of ether oxygens (including phenoxy) is 3. The number of amides is 1. The van der Waals surface area contributed by atoms with Gasteiger partial charge in [0.2, 0.25) is 6.10 Å². The van der Waals surface area contributed by atoms with Gasteiger partial charge in [0.1, 0.15) is 18.5 Å². The predicted molar refractivity (Wildman–Crippen MR) is 98.0 cm³/mol. The quantitative estimate of drug-likeness (QED) is 0.703. The number of hydrogen-bond donors (Lipinski definition) is 0. The van der Waals surface area contributed by atoms with Crippen molar-refractivity contribution < 1.29 is 23.4 Å². The predicted octanol–water partition coefficient (Wildman–Crippen LogP) is 3.87. The zero-order chi connectivity index (χ0) is 19.0. The summed E-state index contributed by atoms with van der Waals surface area (Å²) in [6.45, 7) is 1.08. The molecule has 1 saturated heterocycles. The van der Waals surface area contributed by atoms with E-state index in [0.717, 1.165) is 0 Å². The van der Waals surface area contributed by atoms with Gasteiger partial charge in [-0.05, 0) is 24.3 Å². The molecule has 0 spiro atoms. The van der Waals surface area contributed by atoms with Crippen LogP contribution in [0.1, 0.15) is 11.7 Å². The Morgan fingerprint density at radius 2 is 1.93 bits per heavy atom. The summed E-state index contributed by atoms with van der Waals surface area (Å²) in [5, 5.41) is 0.241. The molecule has 2 aromatic rings. The molecule has 0 unspecified atom stereocenters. The Hall–Kier alpha value is -2.02. The maximum absolute atomic E-state index is 13.8. The molecular weight excluding hydrogens is 396 g/mol. The summed E-state index contributed by atoms with van der Waals surface area (Å²) in [6.07, 6.45) is -1.28. The molecule has 1 amide bonds. The lowest BCUT2D eigenvalue weighted by molar-refractivity contribution is -0.148. The van der Waals surface area contributed by atoms with E-state index in [0.29, 0.717) is 35.2 Å². The largest absolute Gasteiger partial charge is 0.485 e. The second-order valence-electron chi connectivity index (χ2n) is 6.30. The van der Waals surface area contributed by atoms with E-state index in [1.165, 1.54) is 12.1 Å². The zero-order valence-corrected chi connectivity index (χ0v) is 15.7. The molecule has 8 heteroatoms. The van der Waals surface area contributed by atoms with Crippen molar-refractivity contribution in [2.75, 3.05) is 26.3 Å². The number of hydrogen-bond acceptors (Lipinski definition) is 4. The van der Waals surface area contributed by atoms with Gasteiger partial charge in [0, 0.05) is 17.1 Å². The number of para-hydroxylation sites is 2. The Balaban J connectivity index is 1.49. The molecule has 2 atom stereocenters. The van der Waals surface area contributed by atoms with Gasteiger partial charge >= 0.3 is 0 Å². The molecule has 2 heterocycles. The maximum atomic E-state index is 13.8. The summed E-state index contributed by atoms with van der Waals surface area (Å²) in [5.74, 6) is 0.367. The van der Waals surface area contributed by atoms with Gasteiger partial charge in [-0.1, -0.05) is 35.3 Å². The van der Waals surface area contributed by atoms with Gasteiger partial charge in [-0.3, -0.25) is 4.79 Å². The Labute approximate surface area is 165 Å². The van der Waals surface area contributed by atoms with E-state index >= 15 is 0 Å². The Morgan fingerprint density at radius 1 is 1.15 bits per heavy atom. The highest BCUT2D eigenvalue weighted by atomic mass is 35.5. The van der Waals surface area contributed by atoms with Gasteiger partial charge in [0.15, 0.2) is 11.5 Å². The Morgan fingerprint density at radius 3 is 2.74 bits per heavy atom. The van der Waals surface area contributed by atoms with Gasteiger partial charge in [0.05, 0.1) is 18.2 Å². The lowest BCUT2D eigenvalue weighted by Crippen LogP contribution is -2.50. The average molecular weight is 412 g/mol. The van der Waals surface area contributed by atoms with Crippen molar-refractivity contribution in [3.63, 3.8) is 0 Å². The number of nitrogens with zero attached hydrogens (tertiary/aromatic N) is 1. The van der Waals surface area contributed by atoms with Gasteiger partial charge in [-0.2, -0.15) is 0 Å². The molecule has 0 aromatic heterocycles. The van der Waals surface area contributed by atoms with E-state index in [1.807, 2.05) is 12.1 Å². The summed E-state index contributed by atoms with van der Waals surface area (Å²) in [5.41, 5.74) is 0.460. The molecule has 0 N–H and O–H groups in total. The number of fused-ring (bicyclic) bond motifs is 1. The summed E-state index contributed by atoms with van der Waals surface area (Å²) in [6, 6.07) is 9.79. The van der Waals surface area contributed by atoms with E-state index in [4.69, 9.17) is 37.4 Å². The third kappa shape index (κ3) is 3.70. The molecule has 142 valence electrons. The number of benzene rings is 2. The van der Waals surface area contributed by atoms with Crippen LogP contribution in [0, 0.1) is 5.82 Å². The highest BCUT2D eigenvalue weighted by molar-refractivity contribution is 6.35. The molecule has 2 aliphatic rings. The zero-order valence-electron chi connectivity index (χ0n) is 14.2. The minimum atomic E-state index is -0.740. The van der Waals surface area contributed by atoms with Crippen LogP contribution in [0.25, 0.3) is 0 Å². The van der Waals surface area contributed by atoms with Crippen LogP contribution in [-0.2, 0) is 9.53 Å². The molecular formula is C19H16Cl2FNO4. The molecule has 2 aromatic carbocycles. The maximum Gasteiger partial charge on any atom is 0.267 e. The first-order valence-corrected chi connectivity index (χ1v) is 9.22. The summed E-state index contributed by atoms with van der Waals surface area (Å²) < 4.78 is 30.9. The first-order chi connectivity index (χ1) is 13.0. The highest BCUT2D eigenvalue weighted by Crippen LogP contribution is 2.34. The summed E-state index contributed by atoms with van der Waals surface area (Å²) in [7, 11) is 0. The normalized spacial score (nSPS) is 21.8. The van der Waals surface area contributed by atoms with Crippen molar-refractivity contribution >= 4 is 29.1 Å². The van der Waals surface area contributed by atoms with Crippen molar-refractivity contribution in [2.24, 2.45) is 0 Å². The lowest BCUT2D eigenvalue weighted by Gasteiger charge is -2.36. The molecule has 5 nitrogen and oxygen atoms in total. The highest BCUT2D eigenvalue weighted by Gasteiger charge is 2.35. The summed E-state index contributed by atoms with van der Waals surface area (Å²) in [4.78, 5) is 14.5. The number of rotatable bonds is 2. The van der Waals surface area contributed by atoms with Crippen molar-refractivity contribution in [3.8, 4) is 11.5 Å². The topological polar surface area (TPSA) is 48.0 Å². The second kappa shape index (κ2) is 7.54. The number of morpholine rings is 1. The van der Waals surface area contributed by atoms with Crippen molar-refractivity contribution in [1.82, 2.24) is 4.90 Å². The van der Waals surface area contributed by atoms with Gasteiger partial charge in [0.25, 0.3) is 5.91 Å². The van der Waals surface area contributed by atoms with Crippen molar-refractivity contribution in [1.29, 1.82) is 0 Å². The third-order valence-corrected chi connectivity index (χ3v) is 5.17. The molecule has 4 rings (SSSR count). The summed E-state index contributed by atoms with van der Waals surface area (Å²) >= 11 is 11.9. The van der Waals surface area contributed by atoms with E-state index < -0.39 is 18.0 Å². The second-order valence-corrected chi connectivity index (χ2v) is 7.11. The fraction of sp³-hybridized carbons (Fsp3) is 0.316. The van der Waals surface area contributed by atoms with Crippen LogP contribution in [-0.4, -0.2) is 43.2 Å². The van der Waals surface area contributed by atoms with Crippen LogP contribution in [0.3, 0.4) is 0 Å². The smallest absolute Gasteiger partial charge is 0.267 e. The van der Waals surface area contributed by atoms with E-state index in [9.17, 15) is 9.18 Å². The van der Waals surface area contributed by atoms with Gasteiger partial charge in [-0.15, -0.1) is 0 Å². The number of carbonyl (C=O) groups is 1. The van der Waals surface area contributed by atoms with Gasteiger partial charge < -0.3 is 19.1 Å². The molecule has 2 aliphatic heterocycles. The Kier molecular flexibility index (Phi) is 5.12. The van der Waals surface area contributed by atoms with Crippen LogP contribution >= 0.6 is 23.2 Å². The average Bonchev–Trinajstić information content (AvgIpc) is 2.70. The van der Waals surface area contributed by atoms with Crippen molar-refractivity contribution in [2.45, 2.75) is 12.2 Å². The minimum absolute atomic E-state index is 0.0566. The van der Waals surface area contributed by atoms with E-state index in [2.05, 4.69) is 0 Å². The van der Waals surface area contributed by atoms with Gasteiger partial charge in [-0.25, -0.2) is 4.39 Å². The number of halogens is 3. The molecule has 0 radical (unpaired) electrons. The van der Waals surface area contributed by atoms with Crippen LogP contribution < -0.4 is 9.47 Å².